The first-order chi connectivity index (χ1) is 8.54. The molecule has 1 aromatic heterocycles. The summed E-state index contributed by atoms with van der Waals surface area (Å²) in [7, 11) is 2.11. The molecule has 0 radical (unpaired) electrons. The highest BCUT2D eigenvalue weighted by Gasteiger charge is 2.09. The van der Waals surface area contributed by atoms with Gasteiger partial charge < -0.3 is 4.90 Å². The summed E-state index contributed by atoms with van der Waals surface area (Å²) in [6.45, 7) is 7.36. The van der Waals surface area contributed by atoms with E-state index in [0.29, 0.717) is 5.92 Å². The van der Waals surface area contributed by atoms with Crippen molar-refractivity contribution in [3.05, 3.63) is 17.6 Å². The molecule has 1 aromatic rings. The van der Waals surface area contributed by atoms with E-state index in [1.807, 2.05) is 6.92 Å². The molecule has 0 aliphatic carbocycles. The number of halogens is 1. The smallest absolute Gasteiger partial charge is 0.133 e. The van der Waals surface area contributed by atoms with Gasteiger partial charge in [-0.25, -0.2) is 9.97 Å². The summed E-state index contributed by atoms with van der Waals surface area (Å²) in [5.41, 5.74) is 1.05. The van der Waals surface area contributed by atoms with Gasteiger partial charge in [-0.1, -0.05) is 36.2 Å². The summed E-state index contributed by atoms with van der Waals surface area (Å²) in [4.78, 5) is 11.3. The van der Waals surface area contributed by atoms with Crippen LogP contribution in [0.15, 0.2) is 6.07 Å². The topological polar surface area (TPSA) is 29.0 Å². The largest absolute Gasteiger partial charge is 0.360 e. The lowest BCUT2D eigenvalue weighted by atomic mass is 10.2. The summed E-state index contributed by atoms with van der Waals surface area (Å²) in [5, 5.41) is 1.10. The molecule has 0 bridgehead atoms. The summed E-state index contributed by atoms with van der Waals surface area (Å²) >= 11 is 3.46. The number of hydrogen-bond acceptors (Lipinski definition) is 3. The van der Waals surface area contributed by atoms with Crippen LogP contribution in [0.25, 0.3) is 0 Å². The van der Waals surface area contributed by atoms with Gasteiger partial charge in [-0.15, -0.1) is 0 Å². The number of hydrogen-bond donors (Lipinski definition) is 0. The van der Waals surface area contributed by atoms with Gasteiger partial charge in [0.2, 0.25) is 0 Å². The van der Waals surface area contributed by atoms with E-state index in [0.717, 1.165) is 29.2 Å². The molecule has 1 heterocycles. The minimum atomic E-state index is 0.380. The van der Waals surface area contributed by atoms with Crippen LogP contribution in [0.5, 0.6) is 0 Å². The van der Waals surface area contributed by atoms with E-state index in [1.165, 1.54) is 19.3 Å². The number of unbranched alkanes of at least 4 members (excludes halogenated alkanes) is 2. The standard InChI is InChI=1S/C14H24BrN3/c1-11(2)14-16-12(3)10-13(17-14)18(4)9-7-5-6-8-15/h10-11H,5-9H2,1-4H3. The fourth-order valence-electron chi connectivity index (χ4n) is 1.76. The number of aryl methyl sites for hydroxylation is 1. The van der Waals surface area contributed by atoms with Crippen LogP contribution in [0.2, 0.25) is 0 Å². The molecule has 0 saturated heterocycles. The van der Waals surface area contributed by atoms with Gasteiger partial charge in [0.05, 0.1) is 0 Å². The van der Waals surface area contributed by atoms with E-state index in [9.17, 15) is 0 Å². The fourth-order valence-corrected chi connectivity index (χ4v) is 2.16. The maximum Gasteiger partial charge on any atom is 0.133 e. The maximum absolute atomic E-state index is 4.64. The first-order valence-electron chi connectivity index (χ1n) is 6.67. The second-order valence-electron chi connectivity index (χ2n) is 5.05. The highest BCUT2D eigenvalue weighted by molar-refractivity contribution is 9.09. The van der Waals surface area contributed by atoms with Crippen molar-refractivity contribution in [2.75, 3.05) is 23.8 Å². The van der Waals surface area contributed by atoms with E-state index in [-0.39, 0.29) is 0 Å². The molecule has 102 valence electrons. The van der Waals surface area contributed by atoms with Gasteiger partial charge in [-0.2, -0.15) is 0 Å². The Balaban J connectivity index is 2.64. The van der Waals surface area contributed by atoms with E-state index in [4.69, 9.17) is 0 Å². The third-order valence-corrected chi connectivity index (χ3v) is 3.45. The van der Waals surface area contributed by atoms with Crippen molar-refractivity contribution in [1.29, 1.82) is 0 Å². The van der Waals surface area contributed by atoms with Crippen molar-refractivity contribution in [2.45, 2.75) is 46.0 Å². The monoisotopic (exact) mass is 313 g/mol. The summed E-state index contributed by atoms with van der Waals surface area (Å²) in [5.74, 6) is 2.37. The number of aromatic nitrogens is 2. The fraction of sp³-hybridized carbons (Fsp3) is 0.714. The molecular formula is C14H24BrN3. The molecule has 0 N–H and O–H groups in total. The molecule has 0 spiro atoms. The molecule has 3 nitrogen and oxygen atoms in total. The Hall–Kier alpha value is -0.640. The Bertz CT molecular complexity index is 366. The lowest BCUT2D eigenvalue weighted by Gasteiger charge is -2.19. The predicted octanol–water partition coefficient (Wildman–Crippen LogP) is 3.91. The zero-order valence-corrected chi connectivity index (χ0v) is 13.5. The Labute approximate surface area is 119 Å². The van der Waals surface area contributed by atoms with Crippen LogP contribution < -0.4 is 4.90 Å². The summed E-state index contributed by atoms with van der Waals surface area (Å²) < 4.78 is 0. The van der Waals surface area contributed by atoms with E-state index < -0.39 is 0 Å². The van der Waals surface area contributed by atoms with Crippen LogP contribution in [0.4, 0.5) is 5.82 Å². The molecule has 0 atom stereocenters. The molecule has 0 fully saturated rings. The van der Waals surface area contributed by atoms with Crippen molar-refractivity contribution in [3.8, 4) is 0 Å². The SMILES string of the molecule is Cc1cc(N(C)CCCCCBr)nc(C(C)C)n1. The van der Waals surface area contributed by atoms with Crippen molar-refractivity contribution in [1.82, 2.24) is 9.97 Å². The minimum absolute atomic E-state index is 0.380. The summed E-state index contributed by atoms with van der Waals surface area (Å²) in [6, 6.07) is 2.07. The van der Waals surface area contributed by atoms with Gasteiger partial charge in [0.1, 0.15) is 11.6 Å². The molecule has 4 heteroatoms. The van der Waals surface area contributed by atoms with Crippen LogP contribution in [0, 0.1) is 6.92 Å². The molecule has 0 saturated carbocycles. The molecule has 0 aromatic carbocycles. The van der Waals surface area contributed by atoms with Gasteiger partial charge in [-0.3, -0.25) is 0 Å². The van der Waals surface area contributed by atoms with Crippen molar-refractivity contribution >= 4 is 21.7 Å². The zero-order chi connectivity index (χ0) is 13.5. The van der Waals surface area contributed by atoms with Gasteiger partial charge in [0.25, 0.3) is 0 Å². The Morgan fingerprint density at radius 2 is 1.94 bits per heavy atom. The van der Waals surface area contributed by atoms with Crippen molar-refractivity contribution in [3.63, 3.8) is 0 Å². The molecule has 1 rings (SSSR count). The number of anilines is 1. The van der Waals surface area contributed by atoms with Gasteiger partial charge in [-0.05, 0) is 19.8 Å². The quantitative estimate of drug-likeness (QED) is 0.564. The van der Waals surface area contributed by atoms with Crippen LogP contribution in [-0.4, -0.2) is 28.9 Å². The maximum atomic E-state index is 4.64. The molecule has 0 aliphatic heterocycles. The summed E-state index contributed by atoms with van der Waals surface area (Å²) in [6.07, 6.45) is 3.72. The highest BCUT2D eigenvalue weighted by Crippen LogP contribution is 2.16. The Kier molecular flexibility index (Phi) is 6.61. The Morgan fingerprint density at radius 3 is 2.56 bits per heavy atom. The highest BCUT2D eigenvalue weighted by atomic mass is 79.9. The van der Waals surface area contributed by atoms with E-state index >= 15 is 0 Å². The number of rotatable bonds is 7. The average molecular weight is 314 g/mol. The Morgan fingerprint density at radius 1 is 1.22 bits per heavy atom. The van der Waals surface area contributed by atoms with Gasteiger partial charge >= 0.3 is 0 Å². The second-order valence-corrected chi connectivity index (χ2v) is 5.84. The average Bonchev–Trinajstić information content (AvgIpc) is 2.33. The van der Waals surface area contributed by atoms with Gasteiger partial charge in [0.15, 0.2) is 0 Å². The number of nitrogens with zero attached hydrogens (tertiary/aromatic N) is 3. The molecule has 0 aliphatic rings. The van der Waals surface area contributed by atoms with E-state index in [1.54, 1.807) is 0 Å². The molecule has 0 unspecified atom stereocenters. The minimum Gasteiger partial charge on any atom is -0.360 e. The number of alkyl halides is 1. The first kappa shape index (κ1) is 15.4. The molecular weight excluding hydrogens is 290 g/mol. The van der Waals surface area contributed by atoms with Crippen LogP contribution in [-0.2, 0) is 0 Å². The third kappa shape index (κ3) is 4.92. The van der Waals surface area contributed by atoms with Crippen molar-refractivity contribution in [2.24, 2.45) is 0 Å². The second kappa shape index (κ2) is 7.72. The first-order valence-corrected chi connectivity index (χ1v) is 7.79. The zero-order valence-electron chi connectivity index (χ0n) is 11.9. The molecule has 0 amide bonds. The molecule has 18 heavy (non-hydrogen) atoms. The predicted molar refractivity (Wildman–Crippen MR) is 81.8 cm³/mol. The normalized spacial score (nSPS) is 11.0. The lowest BCUT2D eigenvalue weighted by Crippen LogP contribution is -2.21. The van der Waals surface area contributed by atoms with Crippen LogP contribution in [0.3, 0.4) is 0 Å². The van der Waals surface area contributed by atoms with E-state index in [2.05, 4.69) is 57.8 Å². The lowest BCUT2D eigenvalue weighted by molar-refractivity contribution is 0.698. The van der Waals surface area contributed by atoms with Crippen molar-refractivity contribution < 1.29 is 0 Å². The van der Waals surface area contributed by atoms with Gasteiger partial charge in [0, 0.05) is 36.6 Å². The van der Waals surface area contributed by atoms with Crippen LogP contribution >= 0.6 is 15.9 Å². The third-order valence-electron chi connectivity index (χ3n) is 2.89. The van der Waals surface area contributed by atoms with Crippen LogP contribution in [0.1, 0.15) is 50.5 Å².